The summed E-state index contributed by atoms with van der Waals surface area (Å²) in [6.07, 6.45) is 19.2. The maximum atomic E-state index is 11.3. The normalized spacial score (nSPS) is 15.9. The van der Waals surface area contributed by atoms with Gasteiger partial charge in [-0.1, -0.05) is 96.1 Å². The minimum atomic E-state index is -5.48. The predicted octanol–water partition coefficient (Wildman–Crippen LogP) is 0.191. The highest BCUT2D eigenvalue weighted by Crippen LogP contribution is 2.73. The Hall–Kier alpha value is -1.17. The highest BCUT2D eigenvalue weighted by Gasteiger charge is 2.63. The monoisotopic (exact) mass is 2000 g/mol. The summed E-state index contributed by atoms with van der Waals surface area (Å²) in [5, 5.41) is 31.2. The van der Waals surface area contributed by atoms with Crippen molar-refractivity contribution in [3.8, 4) is 0 Å². The van der Waals surface area contributed by atoms with Gasteiger partial charge < -0.3 is 182 Å². The molecule has 0 unspecified atom stereocenters. The molecule has 55 nitrogen and oxygen atoms in total. The maximum absolute atomic E-state index is 11.3. The number of fused-ring (bicyclic) bond motifs is 1. The third kappa shape index (κ3) is 37.1. The van der Waals surface area contributed by atoms with E-state index in [9.17, 15) is 84.3 Å². The van der Waals surface area contributed by atoms with Crippen LogP contribution in [0, 0.1) is 5.92 Å². The Morgan fingerprint density at radius 1 is 0.454 bits per heavy atom. The summed E-state index contributed by atoms with van der Waals surface area (Å²) in [4.78, 5) is 262. The summed E-state index contributed by atoms with van der Waals surface area (Å²) >= 11 is 0. The van der Waals surface area contributed by atoms with Crippen molar-refractivity contribution in [2.75, 3.05) is 26.7 Å². The molecule has 2 saturated carbocycles. The van der Waals surface area contributed by atoms with Crippen molar-refractivity contribution in [3.05, 3.63) is 85.1 Å². The summed E-state index contributed by atoms with van der Waals surface area (Å²) in [7, 11) is -71.4. The van der Waals surface area contributed by atoms with Crippen LogP contribution in [0.2, 0.25) is 0 Å². The van der Waals surface area contributed by atoms with E-state index < -0.39 is 181 Å². The lowest BCUT2D eigenvalue weighted by molar-refractivity contribution is 0.112. The number of nitrogens with two attached hydrogens (primary N) is 1. The standard InChI is InChI=1S/C9H12N2O7P2.C9H23NO7P2.C9H20O6P2.C8H19NO6P2.C7H11NO7P2.C5H10N2O7P2.C3H11NO7P2/c12-9(19(13,14)15,20(16,17)18)5-7-6-10-8-3-1-2-4-11(7)8;1-3-4-5-7-10(2)8-6-9(11,18(12,13)14)19(15,16)17;10-16(11,12)9(17(13,14)15)7-8-5-3-1-2-4-6-8;10-16(11,12)8(17(13,14)15)9-7-5-3-1-2-4-6-7;9-7(16(10,11)12,17(13,14)15)4-6-2-1-3-8-5-6;8-5(15(9,10)11,16(12,13)14)3-7-2-1-6-4-7;4-2-1-3(5,12(6,7)8)13(9,10)11/h1-4,6,12H,5H2,(H2,13,14,15)(H2,16,17,18);11H,3-8H2,1-2H3,(H2,12,13,14)(H2,15,16,17);8-9H,1-7H2,(H2,10,11,12)(H2,13,14,15);7-9H,1-6H2,(H2,10,11,12)(H2,13,14,15);1-3,5,9H,4H2,(H2,10,11,12)(H2,13,14,15);1-2,4,8H,3H2,(H2,9,10,11)(H2,12,13,14);5H,1-2,4H2,(H2,6,7,8)(H2,9,10,11). The molecule has 4 aromatic heterocycles. The quantitative estimate of drug-likeness (QED) is 0.0172. The van der Waals surface area contributed by atoms with Gasteiger partial charge in [-0.15, -0.1) is 0 Å². The molecule has 4 aromatic rings. The number of aliphatic hydroxyl groups is 5. The molecule has 69 heteroatoms. The molecule has 36 N–H and O–H groups in total. The molecule has 0 spiro atoms. The van der Waals surface area contributed by atoms with E-state index in [-0.39, 0.29) is 36.2 Å². The Bertz CT molecular complexity index is 4270. The lowest BCUT2D eigenvalue weighted by Gasteiger charge is -2.30. The van der Waals surface area contributed by atoms with E-state index in [1.54, 1.807) is 30.1 Å². The SMILES string of the molecule is CCCCCN(C)CCC(O)(P(=O)(O)O)P(=O)(O)O.NCCC(O)(P(=O)(O)O)P(=O)(O)O.O=P(O)(O)C(CC1CCCCCC1)P(=O)(O)O.O=P(O)(O)C(NC1CCCCCC1)P(=O)(O)O.O=P(O)(O)C(O)(Cc1cccnc1)P(=O)(O)O.O=P(O)(O)C(O)(Cc1cnc2ccccn12)P(=O)(O)O.O=P(O)(O)C(O)(Cn1ccnc1)P(=O)(O)O. The van der Waals surface area contributed by atoms with Gasteiger partial charge in [0.1, 0.15) is 5.65 Å². The van der Waals surface area contributed by atoms with Crippen molar-refractivity contribution in [1.82, 2.24) is 34.1 Å². The Balaban J connectivity index is 0.00000137. The van der Waals surface area contributed by atoms with Crippen molar-refractivity contribution >= 4 is 112 Å². The Labute approximate surface area is 677 Å². The van der Waals surface area contributed by atoms with E-state index in [0.29, 0.717) is 25.0 Å². The van der Waals surface area contributed by atoms with Crippen LogP contribution >= 0.6 is 106 Å². The molecule has 0 radical (unpaired) electrons. The molecular weight excluding hydrogens is 1900 g/mol. The van der Waals surface area contributed by atoms with Gasteiger partial charge in [-0.05, 0) is 75.5 Å². The molecule has 0 amide bonds. The summed E-state index contributed by atoms with van der Waals surface area (Å²) in [6.45, 7) is 1.23. The average molecular weight is 2010 g/mol. The Morgan fingerprint density at radius 3 is 1.20 bits per heavy atom. The molecule has 4 heterocycles. The smallest absolute Gasteiger partial charge is 0.367 e. The van der Waals surface area contributed by atoms with Gasteiger partial charge in [0.05, 0.1) is 12.9 Å². The number of imidazole rings is 2. The van der Waals surface area contributed by atoms with Gasteiger partial charge in [0, 0.05) is 81.1 Å². The number of unbranched alkanes of at least 4 members (excludes halogenated alkanes) is 2. The third-order valence-corrected chi connectivity index (χ3v) is 43.4. The number of hydrogen-bond donors (Lipinski definition) is 35. The molecule has 0 aromatic carbocycles. The molecule has 698 valence electrons. The lowest BCUT2D eigenvalue weighted by atomic mass is 9.98. The van der Waals surface area contributed by atoms with Gasteiger partial charge in [0.15, 0.2) is 5.40 Å². The number of rotatable bonds is 33. The van der Waals surface area contributed by atoms with Crippen molar-refractivity contribution in [2.24, 2.45) is 11.7 Å². The molecule has 0 atom stereocenters. The fourth-order valence-corrected chi connectivity index (χ4v) is 26.2. The van der Waals surface area contributed by atoms with Crippen LogP contribution in [0.25, 0.3) is 5.65 Å². The van der Waals surface area contributed by atoms with Crippen LogP contribution in [0.3, 0.4) is 0 Å². The summed E-state index contributed by atoms with van der Waals surface area (Å²) in [5.41, 5.74) is 3.37. The predicted molar refractivity (Wildman–Crippen MR) is 416 cm³/mol. The van der Waals surface area contributed by atoms with Crippen molar-refractivity contribution < 1.29 is 226 Å². The van der Waals surface area contributed by atoms with Crippen LogP contribution < -0.4 is 11.1 Å². The largest absolute Gasteiger partial charge is 0.371 e. The van der Waals surface area contributed by atoms with Crippen molar-refractivity contribution in [1.29, 1.82) is 0 Å². The van der Waals surface area contributed by atoms with E-state index in [4.69, 9.17) is 148 Å². The fourth-order valence-electron chi connectivity index (χ4n) is 10.5. The number of aromatic nitrogens is 5. The Morgan fingerprint density at radius 2 is 0.857 bits per heavy atom. The zero-order valence-corrected chi connectivity index (χ0v) is 75.2. The van der Waals surface area contributed by atoms with Crippen molar-refractivity contribution in [3.63, 3.8) is 0 Å². The molecule has 2 aliphatic carbocycles. The van der Waals surface area contributed by atoms with Gasteiger partial charge in [0.25, 0.3) is 25.4 Å². The molecule has 119 heavy (non-hydrogen) atoms. The zero-order valence-electron chi connectivity index (χ0n) is 62.7. The van der Waals surface area contributed by atoms with Gasteiger partial charge in [-0.2, -0.15) is 0 Å². The van der Waals surface area contributed by atoms with E-state index in [1.807, 2.05) is 6.92 Å². The van der Waals surface area contributed by atoms with E-state index in [1.165, 1.54) is 47.5 Å². The number of hydrogen-bond acceptors (Lipinski definition) is 25. The fraction of sp³-hybridized carbons (Fsp3) is 0.700. The minimum Gasteiger partial charge on any atom is -0.367 e. The average Bonchev–Trinajstić information content (AvgIpc) is 1.74. The molecule has 2 fully saturated rings. The summed E-state index contributed by atoms with van der Waals surface area (Å²) in [5.74, 6) is 0.0164. The zero-order chi connectivity index (χ0) is 93.6. The van der Waals surface area contributed by atoms with E-state index >= 15 is 0 Å². The third-order valence-electron chi connectivity index (χ3n) is 17.3. The number of nitrogens with one attached hydrogen (secondary N) is 1. The first kappa shape index (κ1) is 118. The van der Waals surface area contributed by atoms with Crippen LogP contribution in [0.5, 0.6) is 0 Å². The Kier molecular flexibility index (Phi) is 46.4. The number of nitrogens with zero attached hydrogens (tertiary/aromatic N) is 6. The van der Waals surface area contributed by atoms with Gasteiger partial charge in [-0.25, -0.2) is 9.97 Å². The van der Waals surface area contributed by atoms with Gasteiger partial charge in [-0.3, -0.25) is 74.2 Å². The lowest BCUT2D eigenvalue weighted by Crippen LogP contribution is -2.37. The molecule has 0 aliphatic heterocycles. The first-order chi connectivity index (χ1) is 53.2. The second-order valence-corrected chi connectivity index (χ2v) is 54.7. The van der Waals surface area contributed by atoms with Crippen molar-refractivity contribution in [2.45, 2.75) is 184 Å². The van der Waals surface area contributed by atoms with E-state index in [0.717, 1.165) is 101 Å². The highest BCUT2D eigenvalue weighted by atomic mass is 31.3. The molecule has 2 aliphatic rings. The van der Waals surface area contributed by atoms with Gasteiger partial charge >= 0.3 is 106 Å². The van der Waals surface area contributed by atoms with Crippen LogP contribution in [-0.2, 0) is 83.3 Å². The maximum Gasteiger partial charge on any atom is 0.371 e. The number of pyridine rings is 2. The second kappa shape index (κ2) is 46.9. The first-order valence-electron chi connectivity index (χ1n) is 33.9. The molecule has 0 saturated heterocycles. The van der Waals surface area contributed by atoms with Crippen LogP contribution in [0.4, 0.5) is 0 Å². The summed E-state index contributed by atoms with van der Waals surface area (Å²) in [6, 6.07) is 7.38. The molecular formula is C50H106N8O47P14. The highest BCUT2D eigenvalue weighted by molar-refractivity contribution is 7.74. The second-order valence-electron chi connectivity index (χ2n) is 26.9. The van der Waals surface area contributed by atoms with Crippen LogP contribution in [0.1, 0.15) is 134 Å². The van der Waals surface area contributed by atoms with Crippen LogP contribution in [-0.4, -0.2) is 260 Å². The first-order valence-corrected chi connectivity index (χ1v) is 56.8. The minimum absolute atomic E-state index is 0.0164. The molecule has 0 bridgehead atoms. The van der Waals surface area contributed by atoms with Gasteiger partial charge in [0.2, 0.25) is 5.52 Å². The van der Waals surface area contributed by atoms with Crippen LogP contribution in [0.15, 0.2) is 73.8 Å². The molecule has 6 rings (SSSR count). The summed E-state index contributed by atoms with van der Waals surface area (Å²) < 4.78 is 157. The topological polar surface area (TPSA) is 996 Å². The van der Waals surface area contributed by atoms with E-state index in [2.05, 4.69) is 20.3 Å².